The molecular weight excluding hydrogens is 300 g/mol. The van der Waals surface area contributed by atoms with E-state index in [4.69, 9.17) is 0 Å². The Balaban J connectivity index is 1.90. The number of aryl methyl sites for hydroxylation is 1. The van der Waals surface area contributed by atoms with Gasteiger partial charge in [-0.2, -0.15) is 0 Å². The van der Waals surface area contributed by atoms with E-state index in [1.165, 1.54) is 19.9 Å². The lowest BCUT2D eigenvalue weighted by atomic mass is 10.1. The lowest BCUT2D eigenvalue weighted by Crippen LogP contribution is -2.36. The summed E-state index contributed by atoms with van der Waals surface area (Å²) in [6.07, 6.45) is 3.52. The van der Waals surface area contributed by atoms with Gasteiger partial charge in [-0.25, -0.2) is 13.1 Å². The van der Waals surface area contributed by atoms with E-state index in [1.807, 2.05) is 11.9 Å². The average molecular weight is 324 g/mol. The molecule has 1 amide bonds. The summed E-state index contributed by atoms with van der Waals surface area (Å²) in [6.45, 7) is 2.10. The Morgan fingerprint density at radius 3 is 2.41 bits per heavy atom. The second kappa shape index (κ2) is 6.79. The predicted molar refractivity (Wildman–Crippen MR) is 86.0 cm³/mol. The zero-order valence-corrected chi connectivity index (χ0v) is 14.2. The summed E-state index contributed by atoms with van der Waals surface area (Å²) < 4.78 is 25.6. The van der Waals surface area contributed by atoms with E-state index in [1.54, 1.807) is 24.3 Å². The first-order valence-electron chi connectivity index (χ1n) is 7.63. The lowest BCUT2D eigenvalue weighted by molar-refractivity contribution is -0.132. The van der Waals surface area contributed by atoms with Crippen molar-refractivity contribution in [1.29, 1.82) is 0 Å². The van der Waals surface area contributed by atoms with Crippen LogP contribution in [-0.2, 0) is 21.2 Å². The van der Waals surface area contributed by atoms with E-state index < -0.39 is 10.0 Å². The van der Waals surface area contributed by atoms with Crippen LogP contribution in [0.5, 0.6) is 0 Å². The Kier molecular flexibility index (Phi) is 5.24. The van der Waals surface area contributed by atoms with Gasteiger partial charge >= 0.3 is 0 Å². The second-order valence-electron chi connectivity index (χ2n) is 5.93. The number of amides is 1. The van der Waals surface area contributed by atoms with Gasteiger partial charge in [0.1, 0.15) is 0 Å². The maximum Gasteiger partial charge on any atom is 0.240 e. The fourth-order valence-corrected chi connectivity index (χ4v) is 3.23. The highest BCUT2D eigenvalue weighted by atomic mass is 32.2. The summed E-state index contributed by atoms with van der Waals surface area (Å²) in [4.78, 5) is 14.3. The first-order valence-corrected chi connectivity index (χ1v) is 9.11. The fourth-order valence-electron chi connectivity index (χ4n) is 2.50. The highest BCUT2D eigenvalue weighted by molar-refractivity contribution is 7.89. The number of hydrogen-bond donors (Lipinski definition) is 1. The molecule has 122 valence electrons. The SMILES string of the molecule is CNS(=O)(=O)c1ccc(CCC(=O)N(C)C(C)C2CC2)cc1. The van der Waals surface area contributed by atoms with Gasteiger partial charge in [-0.3, -0.25) is 4.79 Å². The van der Waals surface area contributed by atoms with Gasteiger partial charge in [0.05, 0.1) is 4.90 Å². The van der Waals surface area contributed by atoms with Crippen LogP contribution >= 0.6 is 0 Å². The van der Waals surface area contributed by atoms with Crippen molar-refractivity contribution in [2.24, 2.45) is 5.92 Å². The van der Waals surface area contributed by atoms with Crippen LogP contribution in [0.3, 0.4) is 0 Å². The van der Waals surface area contributed by atoms with E-state index >= 15 is 0 Å². The highest BCUT2D eigenvalue weighted by Gasteiger charge is 2.32. The van der Waals surface area contributed by atoms with Crippen molar-refractivity contribution in [1.82, 2.24) is 9.62 Å². The molecule has 0 bridgehead atoms. The molecule has 1 fully saturated rings. The normalized spacial score (nSPS) is 16.3. The average Bonchev–Trinajstić information content (AvgIpc) is 3.36. The van der Waals surface area contributed by atoms with Crippen molar-refractivity contribution in [3.8, 4) is 0 Å². The van der Waals surface area contributed by atoms with E-state index in [9.17, 15) is 13.2 Å². The van der Waals surface area contributed by atoms with Crippen LogP contribution in [0.4, 0.5) is 0 Å². The van der Waals surface area contributed by atoms with Crippen LogP contribution in [0.25, 0.3) is 0 Å². The molecular formula is C16H24N2O3S. The minimum Gasteiger partial charge on any atom is -0.343 e. The summed E-state index contributed by atoms with van der Waals surface area (Å²) in [7, 11) is -0.142. The van der Waals surface area contributed by atoms with E-state index in [2.05, 4.69) is 11.6 Å². The van der Waals surface area contributed by atoms with E-state index in [0.29, 0.717) is 24.8 Å². The summed E-state index contributed by atoms with van der Waals surface area (Å²) in [5.74, 6) is 0.811. The summed E-state index contributed by atoms with van der Waals surface area (Å²) >= 11 is 0. The van der Waals surface area contributed by atoms with Crippen molar-refractivity contribution in [3.05, 3.63) is 29.8 Å². The highest BCUT2D eigenvalue weighted by Crippen LogP contribution is 2.34. The number of nitrogens with one attached hydrogen (secondary N) is 1. The van der Waals surface area contributed by atoms with Crippen LogP contribution in [0.1, 0.15) is 31.7 Å². The molecule has 5 nitrogen and oxygen atoms in total. The molecule has 2 rings (SSSR count). The third-order valence-electron chi connectivity index (χ3n) is 4.44. The molecule has 1 N–H and O–H groups in total. The monoisotopic (exact) mass is 324 g/mol. The van der Waals surface area contributed by atoms with Gasteiger partial charge in [0.2, 0.25) is 15.9 Å². The third-order valence-corrected chi connectivity index (χ3v) is 5.87. The van der Waals surface area contributed by atoms with Crippen LogP contribution in [-0.4, -0.2) is 39.4 Å². The maximum atomic E-state index is 12.2. The Labute approximate surface area is 132 Å². The van der Waals surface area contributed by atoms with Gasteiger partial charge < -0.3 is 4.90 Å². The number of hydrogen-bond acceptors (Lipinski definition) is 3. The number of carbonyl (C=O) groups excluding carboxylic acids is 1. The first-order chi connectivity index (χ1) is 10.3. The smallest absolute Gasteiger partial charge is 0.240 e. The molecule has 1 atom stereocenters. The molecule has 1 saturated carbocycles. The van der Waals surface area contributed by atoms with Crippen LogP contribution < -0.4 is 4.72 Å². The molecule has 0 aliphatic heterocycles. The van der Waals surface area contributed by atoms with Crippen molar-refractivity contribution < 1.29 is 13.2 Å². The minimum atomic E-state index is -3.40. The standard InChI is InChI=1S/C16H24N2O3S/c1-12(14-7-8-14)18(3)16(19)11-6-13-4-9-15(10-5-13)22(20,21)17-2/h4-5,9-10,12,14,17H,6-8,11H2,1-3H3. The molecule has 1 unspecified atom stereocenters. The molecule has 0 heterocycles. The van der Waals surface area contributed by atoms with Crippen LogP contribution in [0.2, 0.25) is 0 Å². The lowest BCUT2D eigenvalue weighted by Gasteiger charge is -2.25. The number of carbonyl (C=O) groups is 1. The van der Waals surface area contributed by atoms with Gasteiger partial charge in [0.25, 0.3) is 0 Å². The van der Waals surface area contributed by atoms with Gasteiger partial charge in [-0.05, 0) is 56.8 Å². The Hall–Kier alpha value is -1.40. The van der Waals surface area contributed by atoms with Gasteiger partial charge in [0, 0.05) is 19.5 Å². The van der Waals surface area contributed by atoms with Crippen LogP contribution in [0, 0.1) is 5.92 Å². The quantitative estimate of drug-likeness (QED) is 0.831. The molecule has 6 heteroatoms. The van der Waals surface area contributed by atoms with Gasteiger partial charge in [-0.1, -0.05) is 12.1 Å². The predicted octanol–water partition coefficient (Wildman–Crippen LogP) is 1.78. The third kappa shape index (κ3) is 4.08. The minimum absolute atomic E-state index is 0.145. The van der Waals surface area contributed by atoms with Crippen molar-refractivity contribution in [3.63, 3.8) is 0 Å². The molecule has 0 spiro atoms. The largest absolute Gasteiger partial charge is 0.343 e. The molecule has 1 aromatic carbocycles. The zero-order chi connectivity index (χ0) is 16.3. The molecule has 0 saturated heterocycles. The van der Waals surface area contributed by atoms with Gasteiger partial charge in [-0.15, -0.1) is 0 Å². The molecule has 0 aromatic heterocycles. The number of benzene rings is 1. The van der Waals surface area contributed by atoms with Crippen molar-refractivity contribution >= 4 is 15.9 Å². The Bertz CT molecular complexity index is 621. The number of rotatable bonds is 7. The fraction of sp³-hybridized carbons (Fsp3) is 0.562. The topological polar surface area (TPSA) is 66.5 Å². The molecule has 1 aliphatic carbocycles. The van der Waals surface area contributed by atoms with Crippen molar-refractivity contribution in [2.75, 3.05) is 14.1 Å². The summed E-state index contributed by atoms with van der Waals surface area (Å²) in [5, 5.41) is 0. The Morgan fingerprint density at radius 1 is 1.32 bits per heavy atom. The molecule has 1 aliphatic rings. The summed E-state index contributed by atoms with van der Waals surface area (Å²) in [5.41, 5.74) is 0.968. The summed E-state index contributed by atoms with van der Waals surface area (Å²) in [6, 6.07) is 6.99. The maximum absolute atomic E-state index is 12.2. The van der Waals surface area contributed by atoms with Crippen molar-refractivity contribution in [2.45, 2.75) is 43.5 Å². The van der Waals surface area contributed by atoms with E-state index in [-0.39, 0.29) is 10.8 Å². The number of nitrogens with zero attached hydrogens (tertiary/aromatic N) is 1. The van der Waals surface area contributed by atoms with E-state index in [0.717, 1.165) is 5.56 Å². The Morgan fingerprint density at radius 2 is 1.91 bits per heavy atom. The molecule has 22 heavy (non-hydrogen) atoms. The van der Waals surface area contributed by atoms with Crippen LogP contribution in [0.15, 0.2) is 29.2 Å². The molecule has 0 radical (unpaired) electrons. The number of sulfonamides is 1. The molecule has 1 aromatic rings. The second-order valence-corrected chi connectivity index (χ2v) is 7.82. The first kappa shape index (κ1) is 17.0. The van der Waals surface area contributed by atoms with Gasteiger partial charge in [0.15, 0.2) is 0 Å². The zero-order valence-electron chi connectivity index (χ0n) is 13.4.